The van der Waals surface area contributed by atoms with E-state index in [1.54, 1.807) is 30.1 Å². The van der Waals surface area contributed by atoms with Gasteiger partial charge in [0.05, 0.1) is 28.5 Å². The molecule has 140 valence electrons. The Morgan fingerprint density at radius 3 is 2.56 bits per heavy atom. The molecule has 0 aliphatic carbocycles. The molecule has 0 spiro atoms. The average Bonchev–Trinajstić information content (AvgIpc) is 2.98. The summed E-state index contributed by atoms with van der Waals surface area (Å²) in [5.41, 5.74) is 3.34. The quantitative estimate of drug-likeness (QED) is 0.656. The molecule has 1 heterocycles. The fraction of sp³-hybridized carbons (Fsp3) is 0.200. The number of benzene rings is 2. The third-order valence-electron chi connectivity index (χ3n) is 4.12. The Bertz CT molecular complexity index is 933. The minimum absolute atomic E-state index is 0.179. The van der Waals surface area contributed by atoms with Crippen LogP contribution in [0.1, 0.15) is 27.2 Å². The van der Waals surface area contributed by atoms with Crippen LogP contribution in [0.3, 0.4) is 0 Å². The Morgan fingerprint density at radius 2 is 1.89 bits per heavy atom. The molecular weight excluding hydrogens is 385 g/mol. The van der Waals surface area contributed by atoms with Crippen molar-refractivity contribution in [2.45, 2.75) is 20.1 Å². The second-order valence-electron chi connectivity index (χ2n) is 6.16. The normalized spacial score (nSPS) is 10.7. The van der Waals surface area contributed by atoms with Gasteiger partial charge in [-0.3, -0.25) is 9.48 Å². The first-order chi connectivity index (χ1) is 12.9. The minimum Gasteiger partial charge on any atom is -0.487 e. The van der Waals surface area contributed by atoms with Crippen LogP contribution in [0.2, 0.25) is 10.0 Å². The van der Waals surface area contributed by atoms with Gasteiger partial charge >= 0.3 is 0 Å². The fourth-order valence-corrected chi connectivity index (χ4v) is 2.94. The molecule has 0 aliphatic heterocycles. The summed E-state index contributed by atoms with van der Waals surface area (Å²) in [6.45, 7) is 2.66. The summed E-state index contributed by atoms with van der Waals surface area (Å²) in [5.74, 6) is 0.466. The Morgan fingerprint density at radius 1 is 1.15 bits per heavy atom. The van der Waals surface area contributed by atoms with Crippen molar-refractivity contribution < 1.29 is 9.53 Å². The number of nitrogens with one attached hydrogen (secondary N) is 1. The van der Waals surface area contributed by atoms with Crippen molar-refractivity contribution in [1.29, 1.82) is 0 Å². The zero-order valence-electron chi connectivity index (χ0n) is 15.0. The molecule has 0 saturated carbocycles. The summed E-state index contributed by atoms with van der Waals surface area (Å²) < 4.78 is 7.41. The van der Waals surface area contributed by atoms with Crippen LogP contribution in [-0.2, 0) is 20.2 Å². The number of halogens is 2. The molecule has 3 rings (SSSR count). The van der Waals surface area contributed by atoms with E-state index < -0.39 is 0 Å². The number of amides is 1. The number of ether oxygens (including phenoxy) is 1. The second-order valence-corrected chi connectivity index (χ2v) is 6.98. The van der Waals surface area contributed by atoms with Crippen molar-refractivity contribution in [3.05, 3.63) is 81.1 Å². The lowest BCUT2D eigenvalue weighted by Crippen LogP contribution is -2.24. The molecule has 0 unspecified atom stereocenters. The van der Waals surface area contributed by atoms with E-state index in [-0.39, 0.29) is 5.91 Å². The van der Waals surface area contributed by atoms with Gasteiger partial charge in [0.25, 0.3) is 5.91 Å². The number of carbonyl (C=O) groups excluding carboxylic acids is 1. The van der Waals surface area contributed by atoms with Crippen LogP contribution in [-0.4, -0.2) is 15.7 Å². The lowest BCUT2D eigenvalue weighted by atomic mass is 10.1. The molecule has 5 nitrogen and oxygen atoms in total. The number of hydrogen-bond acceptors (Lipinski definition) is 3. The standard InChI is InChI=1S/C20H19Cl2N3O2/c1-13-3-8-16(21)19(9-13)27-12-14-4-6-15(7-5-14)20(26)23-11-18-17(22)10-24-25(18)2/h3-10H,11-12H2,1-2H3,(H,23,26). The largest absolute Gasteiger partial charge is 0.487 e. The van der Waals surface area contributed by atoms with E-state index in [1.807, 2.05) is 37.3 Å². The summed E-state index contributed by atoms with van der Waals surface area (Å²) in [6, 6.07) is 12.9. The van der Waals surface area contributed by atoms with Gasteiger partial charge in [-0.05, 0) is 42.3 Å². The SMILES string of the molecule is Cc1ccc(Cl)c(OCc2ccc(C(=O)NCc3c(Cl)cnn3C)cc2)c1. The van der Waals surface area contributed by atoms with Crippen LogP contribution in [0.15, 0.2) is 48.7 Å². The molecule has 0 fully saturated rings. The summed E-state index contributed by atoms with van der Waals surface area (Å²) >= 11 is 12.2. The van der Waals surface area contributed by atoms with Crippen molar-refractivity contribution >= 4 is 29.1 Å². The first kappa shape index (κ1) is 19.3. The van der Waals surface area contributed by atoms with E-state index in [1.165, 1.54) is 0 Å². The lowest BCUT2D eigenvalue weighted by Gasteiger charge is -2.10. The van der Waals surface area contributed by atoms with Crippen LogP contribution in [0.25, 0.3) is 0 Å². The molecule has 7 heteroatoms. The number of aromatic nitrogens is 2. The first-order valence-electron chi connectivity index (χ1n) is 8.36. The smallest absolute Gasteiger partial charge is 0.251 e. The summed E-state index contributed by atoms with van der Waals surface area (Å²) in [5, 5.41) is 7.99. The molecule has 0 bridgehead atoms. The van der Waals surface area contributed by atoms with Crippen LogP contribution >= 0.6 is 23.2 Å². The van der Waals surface area contributed by atoms with E-state index in [4.69, 9.17) is 27.9 Å². The second kappa shape index (κ2) is 8.46. The number of aryl methyl sites for hydroxylation is 2. The van der Waals surface area contributed by atoms with Gasteiger partial charge in [-0.25, -0.2) is 0 Å². The molecule has 1 aromatic heterocycles. The lowest BCUT2D eigenvalue weighted by molar-refractivity contribution is 0.0950. The molecule has 1 N–H and O–H groups in total. The predicted octanol–water partition coefficient (Wildman–Crippen LogP) is 4.54. The van der Waals surface area contributed by atoms with Gasteiger partial charge in [-0.1, -0.05) is 41.4 Å². The molecule has 1 amide bonds. The van der Waals surface area contributed by atoms with Crippen molar-refractivity contribution in [1.82, 2.24) is 15.1 Å². The fourth-order valence-electron chi connectivity index (χ4n) is 2.54. The average molecular weight is 404 g/mol. The predicted molar refractivity (Wildman–Crippen MR) is 106 cm³/mol. The maximum absolute atomic E-state index is 12.3. The van der Waals surface area contributed by atoms with Gasteiger partial charge in [0.2, 0.25) is 0 Å². The third kappa shape index (κ3) is 4.81. The highest BCUT2D eigenvalue weighted by Crippen LogP contribution is 2.26. The highest BCUT2D eigenvalue weighted by Gasteiger charge is 2.10. The number of hydrogen-bond donors (Lipinski definition) is 1. The molecule has 3 aromatic rings. The highest BCUT2D eigenvalue weighted by molar-refractivity contribution is 6.32. The van der Waals surface area contributed by atoms with E-state index in [9.17, 15) is 4.79 Å². The van der Waals surface area contributed by atoms with Gasteiger partial charge in [-0.2, -0.15) is 5.10 Å². The van der Waals surface area contributed by atoms with Gasteiger partial charge in [0.15, 0.2) is 0 Å². The van der Waals surface area contributed by atoms with Gasteiger partial charge < -0.3 is 10.1 Å². The van der Waals surface area contributed by atoms with Crippen LogP contribution < -0.4 is 10.1 Å². The molecule has 27 heavy (non-hydrogen) atoms. The van der Waals surface area contributed by atoms with Crippen molar-refractivity contribution in [2.75, 3.05) is 0 Å². The molecule has 0 radical (unpaired) electrons. The monoisotopic (exact) mass is 403 g/mol. The topological polar surface area (TPSA) is 56.1 Å². The molecule has 2 aromatic carbocycles. The summed E-state index contributed by atoms with van der Waals surface area (Å²) in [7, 11) is 1.78. The Labute approximate surface area is 167 Å². The molecular formula is C20H19Cl2N3O2. The molecule has 0 saturated heterocycles. The maximum Gasteiger partial charge on any atom is 0.251 e. The van der Waals surface area contributed by atoms with Crippen molar-refractivity contribution in [3.63, 3.8) is 0 Å². The molecule has 0 aliphatic rings. The number of carbonyl (C=O) groups is 1. The zero-order valence-corrected chi connectivity index (χ0v) is 16.5. The Balaban J connectivity index is 1.58. The zero-order chi connectivity index (χ0) is 19.4. The van der Waals surface area contributed by atoms with Gasteiger partial charge in [0, 0.05) is 12.6 Å². The third-order valence-corrected chi connectivity index (χ3v) is 4.75. The van der Waals surface area contributed by atoms with Crippen LogP contribution in [0.5, 0.6) is 5.75 Å². The van der Waals surface area contributed by atoms with Gasteiger partial charge in [-0.15, -0.1) is 0 Å². The van der Waals surface area contributed by atoms with E-state index in [0.29, 0.717) is 34.5 Å². The minimum atomic E-state index is -0.179. The van der Waals surface area contributed by atoms with Crippen molar-refractivity contribution in [3.8, 4) is 5.75 Å². The molecule has 0 atom stereocenters. The summed E-state index contributed by atoms with van der Waals surface area (Å²) in [6.07, 6.45) is 1.55. The number of nitrogens with zero attached hydrogens (tertiary/aromatic N) is 2. The van der Waals surface area contributed by atoms with Crippen molar-refractivity contribution in [2.24, 2.45) is 7.05 Å². The van der Waals surface area contributed by atoms with Crippen LogP contribution in [0.4, 0.5) is 0 Å². The Kier molecular flexibility index (Phi) is 6.04. The van der Waals surface area contributed by atoms with E-state index in [2.05, 4.69) is 10.4 Å². The van der Waals surface area contributed by atoms with E-state index >= 15 is 0 Å². The first-order valence-corrected chi connectivity index (χ1v) is 9.12. The highest BCUT2D eigenvalue weighted by atomic mass is 35.5. The van der Waals surface area contributed by atoms with Gasteiger partial charge in [0.1, 0.15) is 12.4 Å². The summed E-state index contributed by atoms with van der Waals surface area (Å²) in [4.78, 5) is 12.3. The van der Waals surface area contributed by atoms with Crippen LogP contribution in [0, 0.1) is 6.92 Å². The Hall–Kier alpha value is -2.50. The van der Waals surface area contributed by atoms with E-state index in [0.717, 1.165) is 16.8 Å². The number of rotatable bonds is 6. The maximum atomic E-state index is 12.3.